The number of carbonyl (C=O) groups excluding carboxylic acids is 1. The topological polar surface area (TPSA) is 62.4 Å². The summed E-state index contributed by atoms with van der Waals surface area (Å²) in [6.07, 6.45) is 4.37. The van der Waals surface area contributed by atoms with Gasteiger partial charge in [-0.2, -0.15) is 0 Å². The van der Waals surface area contributed by atoms with Gasteiger partial charge in [-0.1, -0.05) is 0 Å². The van der Waals surface area contributed by atoms with Gasteiger partial charge in [0.2, 0.25) is 0 Å². The fraction of sp³-hybridized carbons (Fsp3) is 0.500. The Morgan fingerprint density at radius 2 is 2.24 bits per heavy atom. The summed E-state index contributed by atoms with van der Waals surface area (Å²) in [5.41, 5.74) is 0.611. The summed E-state index contributed by atoms with van der Waals surface area (Å²) < 4.78 is 0. The first-order valence-electron chi connectivity index (χ1n) is 5.82. The van der Waals surface area contributed by atoms with Crippen LogP contribution in [0.1, 0.15) is 35.3 Å². The highest BCUT2D eigenvalue weighted by Gasteiger charge is 2.20. The maximum absolute atomic E-state index is 12.1. The van der Waals surface area contributed by atoms with E-state index in [4.69, 9.17) is 4.84 Å². The Kier molecular flexibility index (Phi) is 3.58. The normalized spacial score (nSPS) is 16.6. The van der Waals surface area contributed by atoms with E-state index in [1.54, 1.807) is 6.92 Å². The fourth-order valence-corrected chi connectivity index (χ4v) is 1.81. The van der Waals surface area contributed by atoms with Gasteiger partial charge in [0.15, 0.2) is 5.43 Å². The quantitative estimate of drug-likeness (QED) is 0.798. The Morgan fingerprint density at radius 1 is 1.41 bits per heavy atom. The van der Waals surface area contributed by atoms with Crippen LogP contribution in [0.2, 0.25) is 0 Å². The van der Waals surface area contributed by atoms with Crippen LogP contribution in [-0.4, -0.2) is 29.1 Å². The minimum Gasteiger partial charge on any atom is -0.364 e. The third kappa shape index (κ3) is 2.74. The molecule has 0 saturated carbocycles. The monoisotopic (exact) mass is 236 g/mol. The zero-order valence-electron chi connectivity index (χ0n) is 9.86. The van der Waals surface area contributed by atoms with Gasteiger partial charge in [0.25, 0.3) is 5.91 Å². The molecule has 0 aliphatic carbocycles. The smallest absolute Gasteiger partial charge is 0.282 e. The molecular formula is C12H16N2O3. The molecule has 0 spiro atoms. The third-order valence-electron chi connectivity index (χ3n) is 2.77. The van der Waals surface area contributed by atoms with E-state index in [2.05, 4.69) is 4.98 Å². The van der Waals surface area contributed by atoms with Crippen molar-refractivity contribution in [2.45, 2.75) is 26.2 Å². The van der Waals surface area contributed by atoms with Crippen LogP contribution in [0, 0.1) is 6.92 Å². The van der Waals surface area contributed by atoms with Crippen molar-refractivity contribution in [3.8, 4) is 0 Å². The lowest BCUT2D eigenvalue weighted by atomic mass is 10.2. The van der Waals surface area contributed by atoms with E-state index in [1.807, 2.05) is 0 Å². The Balaban J connectivity index is 2.20. The van der Waals surface area contributed by atoms with Crippen LogP contribution in [0.25, 0.3) is 0 Å². The Labute approximate surface area is 99.4 Å². The molecule has 92 valence electrons. The number of pyridine rings is 1. The minimum absolute atomic E-state index is 0.137. The number of aromatic amines is 1. The van der Waals surface area contributed by atoms with E-state index in [0.29, 0.717) is 13.2 Å². The van der Waals surface area contributed by atoms with Gasteiger partial charge in [-0.3, -0.25) is 14.4 Å². The number of carbonyl (C=O) groups is 1. The summed E-state index contributed by atoms with van der Waals surface area (Å²) in [6, 6.07) is 1.42. The number of hydrogen-bond donors (Lipinski definition) is 1. The van der Waals surface area contributed by atoms with Gasteiger partial charge >= 0.3 is 0 Å². The number of H-pyrrole nitrogens is 1. The molecule has 1 aromatic rings. The number of rotatable bonds is 1. The van der Waals surface area contributed by atoms with Crippen LogP contribution in [0.4, 0.5) is 0 Å². The van der Waals surface area contributed by atoms with E-state index in [1.165, 1.54) is 17.3 Å². The van der Waals surface area contributed by atoms with Gasteiger partial charge in [0.05, 0.1) is 6.61 Å². The van der Waals surface area contributed by atoms with Crippen molar-refractivity contribution >= 4 is 5.91 Å². The van der Waals surface area contributed by atoms with Gasteiger partial charge in [-0.25, -0.2) is 5.06 Å². The lowest BCUT2D eigenvalue weighted by Gasteiger charge is -2.18. The zero-order chi connectivity index (χ0) is 12.3. The highest BCUT2D eigenvalue weighted by molar-refractivity contribution is 5.93. The Hall–Kier alpha value is -1.62. The molecule has 0 bridgehead atoms. The van der Waals surface area contributed by atoms with Crippen LogP contribution in [0.15, 0.2) is 17.1 Å². The molecule has 1 aliphatic heterocycles. The number of aromatic nitrogens is 1. The van der Waals surface area contributed by atoms with E-state index in [9.17, 15) is 9.59 Å². The van der Waals surface area contributed by atoms with Crippen molar-refractivity contribution in [1.29, 1.82) is 0 Å². The molecule has 1 saturated heterocycles. The molecule has 1 aliphatic rings. The number of nitrogens with zero attached hydrogens (tertiary/aromatic N) is 1. The summed E-state index contributed by atoms with van der Waals surface area (Å²) >= 11 is 0. The number of hydrogen-bond acceptors (Lipinski definition) is 3. The van der Waals surface area contributed by atoms with Gasteiger partial charge in [-0.15, -0.1) is 0 Å². The van der Waals surface area contributed by atoms with Gasteiger partial charge < -0.3 is 4.98 Å². The molecule has 0 radical (unpaired) electrons. The molecule has 1 fully saturated rings. The number of amides is 1. The van der Waals surface area contributed by atoms with E-state index >= 15 is 0 Å². The van der Waals surface area contributed by atoms with Crippen molar-refractivity contribution in [2.24, 2.45) is 0 Å². The first-order chi connectivity index (χ1) is 8.18. The van der Waals surface area contributed by atoms with Crippen molar-refractivity contribution in [2.75, 3.05) is 13.2 Å². The lowest BCUT2D eigenvalue weighted by Crippen LogP contribution is -2.34. The SMILES string of the molecule is Cc1cc(=O)c(C(=O)N2CCCCCO2)c[nH]1. The molecule has 5 heteroatoms. The number of nitrogens with one attached hydrogen (secondary N) is 1. The summed E-state index contributed by atoms with van der Waals surface area (Å²) in [6.45, 7) is 2.86. The fourth-order valence-electron chi connectivity index (χ4n) is 1.81. The highest BCUT2D eigenvalue weighted by atomic mass is 16.7. The van der Waals surface area contributed by atoms with Gasteiger partial charge in [0.1, 0.15) is 5.56 Å². The van der Waals surface area contributed by atoms with E-state index in [-0.39, 0.29) is 16.9 Å². The van der Waals surface area contributed by atoms with Crippen molar-refractivity contribution in [1.82, 2.24) is 10.0 Å². The highest BCUT2D eigenvalue weighted by Crippen LogP contribution is 2.09. The van der Waals surface area contributed by atoms with Crippen molar-refractivity contribution in [3.63, 3.8) is 0 Å². The van der Waals surface area contributed by atoms with Gasteiger partial charge in [-0.05, 0) is 26.2 Å². The maximum Gasteiger partial charge on any atom is 0.282 e. The molecule has 2 rings (SSSR count). The van der Waals surface area contributed by atoms with E-state index < -0.39 is 0 Å². The molecule has 1 aromatic heterocycles. The Bertz CT molecular complexity index is 459. The zero-order valence-corrected chi connectivity index (χ0v) is 9.86. The second kappa shape index (κ2) is 5.14. The van der Waals surface area contributed by atoms with Crippen LogP contribution in [0.3, 0.4) is 0 Å². The first-order valence-corrected chi connectivity index (χ1v) is 5.82. The molecule has 17 heavy (non-hydrogen) atoms. The first kappa shape index (κ1) is 11.9. The second-order valence-electron chi connectivity index (χ2n) is 4.20. The summed E-state index contributed by atoms with van der Waals surface area (Å²) in [5.74, 6) is -0.354. The largest absolute Gasteiger partial charge is 0.364 e. The molecule has 1 amide bonds. The van der Waals surface area contributed by atoms with E-state index in [0.717, 1.165) is 25.0 Å². The molecule has 2 heterocycles. The third-order valence-corrected chi connectivity index (χ3v) is 2.77. The van der Waals surface area contributed by atoms with Crippen LogP contribution >= 0.6 is 0 Å². The lowest BCUT2D eigenvalue weighted by molar-refractivity contribution is -0.115. The second-order valence-corrected chi connectivity index (χ2v) is 4.20. The average Bonchev–Trinajstić information content (AvgIpc) is 2.56. The molecule has 5 nitrogen and oxygen atoms in total. The predicted molar refractivity (Wildman–Crippen MR) is 62.6 cm³/mol. The Morgan fingerprint density at radius 3 is 3.00 bits per heavy atom. The van der Waals surface area contributed by atoms with Crippen molar-refractivity contribution in [3.05, 3.63) is 33.7 Å². The molecule has 1 N–H and O–H groups in total. The van der Waals surface area contributed by atoms with Crippen molar-refractivity contribution < 1.29 is 9.63 Å². The van der Waals surface area contributed by atoms with Crippen LogP contribution in [-0.2, 0) is 4.84 Å². The molecular weight excluding hydrogens is 220 g/mol. The summed E-state index contributed by atoms with van der Waals surface area (Å²) in [4.78, 5) is 32.0. The molecule has 0 unspecified atom stereocenters. The standard InChI is InChI=1S/C12H16N2O3/c1-9-7-11(15)10(8-13-9)12(16)14-5-3-2-4-6-17-14/h7-8H,2-6H2,1H3,(H,13,15). The average molecular weight is 236 g/mol. The maximum atomic E-state index is 12.1. The molecule has 0 aromatic carbocycles. The minimum atomic E-state index is -0.354. The number of aryl methyl sites for hydroxylation is 1. The van der Waals surface area contributed by atoms with Gasteiger partial charge in [0, 0.05) is 24.5 Å². The van der Waals surface area contributed by atoms with Crippen LogP contribution in [0.5, 0.6) is 0 Å². The molecule has 0 atom stereocenters. The summed E-state index contributed by atoms with van der Waals surface area (Å²) in [7, 11) is 0. The predicted octanol–water partition coefficient (Wildman–Crippen LogP) is 1.24. The van der Waals surface area contributed by atoms with Crippen LogP contribution < -0.4 is 5.43 Å². The summed E-state index contributed by atoms with van der Waals surface area (Å²) in [5, 5.41) is 1.30. The number of hydroxylamine groups is 2.